The molecule has 25 heavy (non-hydrogen) atoms. The molecule has 3 rings (SSSR count). The molecule has 0 fully saturated rings. The predicted octanol–water partition coefficient (Wildman–Crippen LogP) is 3.69. The molecule has 0 radical (unpaired) electrons. The highest BCUT2D eigenvalue weighted by Crippen LogP contribution is 2.30. The number of nitrogens with zero attached hydrogens (tertiary/aromatic N) is 1. The lowest BCUT2D eigenvalue weighted by Crippen LogP contribution is -2.34. The lowest BCUT2D eigenvalue weighted by Gasteiger charge is -2.28. The average Bonchev–Trinajstić information content (AvgIpc) is 2.66. The summed E-state index contributed by atoms with van der Waals surface area (Å²) in [7, 11) is 3.24. The second-order valence-corrected chi connectivity index (χ2v) is 6.17. The molecule has 0 aliphatic carbocycles. The van der Waals surface area contributed by atoms with Crippen molar-refractivity contribution in [2.45, 2.75) is 19.9 Å². The number of carbonyl (C=O) groups excluding carboxylic acids is 1. The summed E-state index contributed by atoms with van der Waals surface area (Å²) in [6.45, 7) is 3.35. The zero-order valence-electron chi connectivity index (χ0n) is 14.9. The summed E-state index contributed by atoms with van der Waals surface area (Å²) in [4.78, 5) is 14.6. The van der Waals surface area contributed by atoms with Crippen LogP contribution in [0.15, 0.2) is 48.5 Å². The molecule has 1 amide bonds. The van der Waals surface area contributed by atoms with Gasteiger partial charge in [-0.1, -0.05) is 24.3 Å². The minimum atomic E-state index is 0.0323. The summed E-state index contributed by atoms with van der Waals surface area (Å²) in [6, 6.07) is 13.9. The van der Waals surface area contributed by atoms with Crippen LogP contribution in [0.4, 0.5) is 0 Å². The van der Waals surface area contributed by atoms with E-state index in [2.05, 4.69) is 18.2 Å². The summed E-state index contributed by atoms with van der Waals surface area (Å²) >= 11 is 0. The van der Waals surface area contributed by atoms with E-state index in [1.807, 2.05) is 36.1 Å². The number of rotatable bonds is 4. The monoisotopic (exact) mass is 337 g/mol. The maximum absolute atomic E-state index is 12.7. The molecule has 4 nitrogen and oxygen atoms in total. The van der Waals surface area contributed by atoms with Gasteiger partial charge in [-0.3, -0.25) is 4.79 Å². The molecule has 0 aromatic heterocycles. The fourth-order valence-electron chi connectivity index (χ4n) is 3.16. The van der Waals surface area contributed by atoms with Crippen molar-refractivity contribution in [2.75, 3.05) is 20.8 Å². The largest absolute Gasteiger partial charge is 0.497 e. The van der Waals surface area contributed by atoms with Gasteiger partial charge in [0.05, 0.1) is 14.2 Å². The van der Waals surface area contributed by atoms with Gasteiger partial charge in [0.1, 0.15) is 11.5 Å². The van der Waals surface area contributed by atoms with Gasteiger partial charge < -0.3 is 14.4 Å². The Morgan fingerprint density at radius 2 is 1.84 bits per heavy atom. The van der Waals surface area contributed by atoms with E-state index in [-0.39, 0.29) is 5.91 Å². The van der Waals surface area contributed by atoms with E-state index in [1.165, 1.54) is 11.1 Å². The molecular weight excluding hydrogens is 314 g/mol. The quantitative estimate of drug-likeness (QED) is 0.799. The molecule has 130 valence electrons. The van der Waals surface area contributed by atoms with Crippen LogP contribution in [0.25, 0.3) is 5.57 Å². The molecule has 2 aromatic rings. The highest BCUT2D eigenvalue weighted by molar-refractivity contribution is 5.95. The molecule has 0 saturated heterocycles. The topological polar surface area (TPSA) is 38.8 Å². The Morgan fingerprint density at radius 3 is 2.56 bits per heavy atom. The minimum Gasteiger partial charge on any atom is -0.497 e. The number of benzene rings is 2. The number of fused-ring (bicyclic) bond motifs is 1. The molecule has 4 heteroatoms. The van der Waals surface area contributed by atoms with Crippen LogP contribution in [-0.2, 0) is 17.8 Å². The number of hydrogen-bond acceptors (Lipinski definition) is 3. The fourth-order valence-corrected chi connectivity index (χ4v) is 3.16. The van der Waals surface area contributed by atoms with Gasteiger partial charge in [0.25, 0.3) is 0 Å². The second-order valence-electron chi connectivity index (χ2n) is 6.17. The maximum Gasteiger partial charge on any atom is 0.247 e. The van der Waals surface area contributed by atoms with Gasteiger partial charge in [-0.2, -0.15) is 0 Å². The number of methoxy groups -OCH3 is 2. The Labute approximate surface area is 148 Å². The maximum atomic E-state index is 12.7. The van der Waals surface area contributed by atoms with E-state index in [4.69, 9.17) is 9.47 Å². The van der Waals surface area contributed by atoms with Gasteiger partial charge in [-0.05, 0) is 42.2 Å². The Bertz CT molecular complexity index is 811. The van der Waals surface area contributed by atoms with Gasteiger partial charge >= 0.3 is 0 Å². The zero-order chi connectivity index (χ0) is 17.8. The average molecular weight is 337 g/mol. The van der Waals surface area contributed by atoms with E-state index < -0.39 is 0 Å². The molecule has 1 aliphatic heterocycles. The van der Waals surface area contributed by atoms with Crippen LogP contribution in [0.2, 0.25) is 0 Å². The zero-order valence-corrected chi connectivity index (χ0v) is 14.9. The van der Waals surface area contributed by atoms with Crippen LogP contribution in [0.1, 0.15) is 23.6 Å². The van der Waals surface area contributed by atoms with Crippen molar-refractivity contribution in [2.24, 2.45) is 0 Å². The molecule has 0 saturated carbocycles. The van der Waals surface area contributed by atoms with Crippen LogP contribution in [0.3, 0.4) is 0 Å². The molecular formula is C21H23NO3. The molecule has 0 bridgehead atoms. The summed E-state index contributed by atoms with van der Waals surface area (Å²) in [5, 5.41) is 0. The second kappa shape index (κ2) is 7.43. The van der Waals surface area contributed by atoms with Crippen LogP contribution < -0.4 is 9.47 Å². The van der Waals surface area contributed by atoms with E-state index in [1.54, 1.807) is 20.3 Å². The van der Waals surface area contributed by atoms with Gasteiger partial charge in [-0.25, -0.2) is 0 Å². The molecule has 0 unspecified atom stereocenters. The smallest absolute Gasteiger partial charge is 0.247 e. The highest BCUT2D eigenvalue weighted by Gasteiger charge is 2.19. The third kappa shape index (κ3) is 3.68. The van der Waals surface area contributed by atoms with Gasteiger partial charge in [0, 0.05) is 30.8 Å². The summed E-state index contributed by atoms with van der Waals surface area (Å²) in [5.74, 6) is 1.46. The normalized spacial score (nSPS) is 14.0. The Kier molecular flexibility index (Phi) is 5.08. The Hall–Kier alpha value is -2.75. The van der Waals surface area contributed by atoms with Crippen molar-refractivity contribution in [1.82, 2.24) is 4.90 Å². The van der Waals surface area contributed by atoms with Crippen LogP contribution in [0, 0.1) is 0 Å². The van der Waals surface area contributed by atoms with Crippen LogP contribution in [0.5, 0.6) is 11.5 Å². The lowest BCUT2D eigenvalue weighted by atomic mass is 9.99. The first kappa shape index (κ1) is 17.1. The number of hydrogen-bond donors (Lipinski definition) is 0. The van der Waals surface area contributed by atoms with Crippen molar-refractivity contribution < 1.29 is 14.3 Å². The first-order valence-electron chi connectivity index (χ1n) is 8.38. The lowest BCUT2D eigenvalue weighted by molar-refractivity contribution is -0.126. The van der Waals surface area contributed by atoms with Crippen molar-refractivity contribution in [3.05, 3.63) is 65.2 Å². The van der Waals surface area contributed by atoms with E-state index in [0.29, 0.717) is 12.3 Å². The molecule has 1 heterocycles. The first-order chi connectivity index (χ1) is 12.1. The van der Waals surface area contributed by atoms with Crippen LogP contribution >= 0.6 is 0 Å². The van der Waals surface area contributed by atoms with Gasteiger partial charge in [0.15, 0.2) is 0 Å². The molecule has 0 N–H and O–H groups in total. The predicted molar refractivity (Wildman–Crippen MR) is 98.8 cm³/mol. The number of ether oxygens (including phenoxy) is 2. The summed E-state index contributed by atoms with van der Waals surface area (Å²) < 4.78 is 10.7. The Morgan fingerprint density at radius 1 is 1.08 bits per heavy atom. The number of allylic oxidation sites excluding steroid dienone is 1. The van der Waals surface area contributed by atoms with E-state index in [0.717, 1.165) is 29.9 Å². The van der Waals surface area contributed by atoms with Crippen molar-refractivity contribution in [3.8, 4) is 11.5 Å². The third-order valence-corrected chi connectivity index (χ3v) is 4.62. The number of carbonyl (C=O) groups is 1. The minimum absolute atomic E-state index is 0.0323. The summed E-state index contributed by atoms with van der Waals surface area (Å²) in [5.41, 5.74) is 4.34. The first-order valence-corrected chi connectivity index (χ1v) is 8.38. The third-order valence-electron chi connectivity index (χ3n) is 4.62. The van der Waals surface area contributed by atoms with Crippen molar-refractivity contribution in [1.29, 1.82) is 0 Å². The highest BCUT2D eigenvalue weighted by atomic mass is 16.5. The van der Waals surface area contributed by atoms with Gasteiger partial charge in [-0.15, -0.1) is 0 Å². The van der Waals surface area contributed by atoms with Crippen molar-refractivity contribution >= 4 is 11.5 Å². The standard InChI is InChI=1S/C21H23NO3/c1-15(19-9-8-18(24-2)13-20(19)25-3)12-21(23)22-11-10-16-6-4-5-7-17(16)14-22/h4-9,12-13H,10-11,14H2,1-3H3/b15-12+. The molecule has 1 aliphatic rings. The van der Waals surface area contributed by atoms with Crippen LogP contribution in [-0.4, -0.2) is 31.6 Å². The number of amides is 1. The Balaban J connectivity index is 1.80. The van der Waals surface area contributed by atoms with Gasteiger partial charge in [0.2, 0.25) is 5.91 Å². The van der Waals surface area contributed by atoms with E-state index >= 15 is 0 Å². The fraction of sp³-hybridized carbons (Fsp3) is 0.286. The molecule has 0 spiro atoms. The SMILES string of the molecule is COc1ccc(/C(C)=C/C(=O)N2CCc3ccccc3C2)c(OC)c1. The molecule has 0 atom stereocenters. The van der Waals surface area contributed by atoms with Crippen molar-refractivity contribution in [3.63, 3.8) is 0 Å². The molecule has 2 aromatic carbocycles. The van der Waals surface area contributed by atoms with E-state index in [9.17, 15) is 4.79 Å². The summed E-state index contributed by atoms with van der Waals surface area (Å²) in [6.07, 6.45) is 2.60.